The molecule has 0 saturated carbocycles. The average Bonchev–Trinajstić information content (AvgIpc) is 2.71. The molecule has 0 spiro atoms. The lowest BCUT2D eigenvalue weighted by Gasteiger charge is -2.20. The van der Waals surface area contributed by atoms with Gasteiger partial charge in [0.25, 0.3) is 0 Å². The molecule has 3 aromatic rings. The summed E-state index contributed by atoms with van der Waals surface area (Å²) in [7, 11) is 0. The normalized spacial score (nSPS) is 12.0. The van der Waals surface area contributed by atoms with Gasteiger partial charge in [-0.15, -0.1) is 0 Å². The van der Waals surface area contributed by atoms with Crippen molar-refractivity contribution >= 4 is 15.9 Å². The third-order valence-corrected chi connectivity index (χ3v) is 5.31. The molecular formula is C25H28BrNO. The van der Waals surface area contributed by atoms with Gasteiger partial charge in [0.15, 0.2) is 0 Å². The number of ether oxygens (including phenoxy) is 1. The van der Waals surface area contributed by atoms with Gasteiger partial charge in [-0.05, 0) is 42.7 Å². The first-order valence-electron chi connectivity index (χ1n) is 9.91. The third kappa shape index (κ3) is 5.95. The number of nitrogens with one attached hydrogen (secondary N) is 1. The van der Waals surface area contributed by atoms with E-state index in [0.717, 1.165) is 29.6 Å². The van der Waals surface area contributed by atoms with Crippen LogP contribution in [0.3, 0.4) is 0 Å². The molecule has 1 N–H and O–H groups in total. The lowest BCUT2D eigenvalue weighted by molar-refractivity contribution is 0.301. The largest absolute Gasteiger partial charge is 0.489 e. The van der Waals surface area contributed by atoms with Gasteiger partial charge in [-0.25, -0.2) is 0 Å². The van der Waals surface area contributed by atoms with Crippen molar-refractivity contribution in [3.8, 4) is 5.75 Å². The summed E-state index contributed by atoms with van der Waals surface area (Å²) in [6.45, 7) is 5.68. The van der Waals surface area contributed by atoms with Gasteiger partial charge in [-0.3, -0.25) is 0 Å². The Balaban J connectivity index is 1.71. The summed E-state index contributed by atoms with van der Waals surface area (Å²) in [5.74, 6) is 0.931. The number of rotatable bonds is 9. The van der Waals surface area contributed by atoms with Gasteiger partial charge in [-0.2, -0.15) is 0 Å². The number of halogens is 1. The van der Waals surface area contributed by atoms with Crippen LogP contribution in [0.5, 0.6) is 5.75 Å². The minimum atomic E-state index is 0.342. The minimum absolute atomic E-state index is 0.342. The Bertz CT molecular complexity index is 879. The molecule has 0 fully saturated rings. The highest BCUT2D eigenvalue weighted by atomic mass is 79.9. The zero-order chi connectivity index (χ0) is 19.8. The summed E-state index contributed by atoms with van der Waals surface area (Å²) in [4.78, 5) is 0. The lowest BCUT2D eigenvalue weighted by Crippen LogP contribution is -2.21. The van der Waals surface area contributed by atoms with Gasteiger partial charge in [-0.1, -0.05) is 89.4 Å². The van der Waals surface area contributed by atoms with E-state index >= 15 is 0 Å². The predicted molar refractivity (Wildman–Crippen MR) is 121 cm³/mol. The summed E-state index contributed by atoms with van der Waals surface area (Å²) in [6.07, 6.45) is 2.25. The van der Waals surface area contributed by atoms with Crippen molar-refractivity contribution in [1.29, 1.82) is 0 Å². The van der Waals surface area contributed by atoms with Crippen LogP contribution in [0.15, 0.2) is 77.3 Å². The highest BCUT2D eigenvalue weighted by Gasteiger charge is 2.12. The topological polar surface area (TPSA) is 21.3 Å². The number of hydrogen-bond acceptors (Lipinski definition) is 2. The average molecular weight is 438 g/mol. The molecule has 0 radical (unpaired) electrons. The highest BCUT2D eigenvalue weighted by molar-refractivity contribution is 9.10. The van der Waals surface area contributed by atoms with Gasteiger partial charge in [0.05, 0.1) is 0 Å². The molecular weight excluding hydrogens is 410 g/mol. The molecule has 146 valence electrons. The highest BCUT2D eigenvalue weighted by Crippen LogP contribution is 2.26. The quantitative estimate of drug-likeness (QED) is 0.390. The van der Waals surface area contributed by atoms with Crippen molar-refractivity contribution in [1.82, 2.24) is 5.32 Å². The van der Waals surface area contributed by atoms with Crippen LogP contribution in [-0.2, 0) is 13.2 Å². The fourth-order valence-corrected chi connectivity index (χ4v) is 3.79. The van der Waals surface area contributed by atoms with Crippen LogP contribution in [0, 0.1) is 6.92 Å². The number of hydrogen-bond donors (Lipinski definition) is 1. The molecule has 1 atom stereocenters. The second-order valence-electron chi connectivity index (χ2n) is 7.16. The summed E-state index contributed by atoms with van der Waals surface area (Å²) in [6, 6.07) is 25.7. The Morgan fingerprint density at radius 2 is 1.79 bits per heavy atom. The predicted octanol–water partition coefficient (Wildman–Crippen LogP) is 6.97. The van der Waals surface area contributed by atoms with Crippen LogP contribution in [0.1, 0.15) is 48.1 Å². The number of benzene rings is 3. The molecule has 0 aliphatic rings. The van der Waals surface area contributed by atoms with Crippen molar-refractivity contribution in [3.05, 3.63) is 99.5 Å². The van der Waals surface area contributed by atoms with Gasteiger partial charge >= 0.3 is 0 Å². The first kappa shape index (κ1) is 20.6. The lowest BCUT2D eigenvalue weighted by atomic mass is 10.0. The molecule has 3 aromatic carbocycles. The van der Waals surface area contributed by atoms with Crippen LogP contribution in [0.4, 0.5) is 0 Å². The smallest absolute Gasteiger partial charge is 0.124 e. The zero-order valence-corrected chi connectivity index (χ0v) is 18.2. The van der Waals surface area contributed by atoms with E-state index < -0.39 is 0 Å². The molecule has 0 bridgehead atoms. The van der Waals surface area contributed by atoms with Crippen molar-refractivity contribution in [2.75, 3.05) is 0 Å². The van der Waals surface area contributed by atoms with E-state index in [-0.39, 0.29) is 0 Å². The first-order valence-corrected chi connectivity index (χ1v) is 10.7. The molecule has 3 rings (SSSR count). The summed E-state index contributed by atoms with van der Waals surface area (Å²) >= 11 is 3.60. The monoisotopic (exact) mass is 437 g/mol. The number of aryl methyl sites for hydroxylation is 1. The Hall–Kier alpha value is -2.10. The van der Waals surface area contributed by atoms with Crippen molar-refractivity contribution in [2.24, 2.45) is 0 Å². The van der Waals surface area contributed by atoms with Crippen LogP contribution >= 0.6 is 15.9 Å². The molecule has 0 saturated heterocycles. The molecule has 0 heterocycles. The van der Waals surface area contributed by atoms with E-state index in [4.69, 9.17) is 4.74 Å². The van der Waals surface area contributed by atoms with E-state index in [1.54, 1.807) is 0 Å². The SMILES string of the molecule is CCCC(NCc1cc(Br)ccc1OCc1cccc(C)c1)c1ccccc1. The molecule has 28 heavy (non-hydrogen) atoms. The Morgan fingerprint density at radius 3 is 2.54 bits per heavy atom. The Kier molecular flexibility index (Phi) is 7.70. The Labute approximate surface area is 177 Å². The van der Waals surface area contributed by atoms with Crippen LogP contribution in [0.25, 0.3) is 0 Å². The minimum Gasteiger partial charge on any atom is -0.489 e. The molecule has 0 aliphatic heterocycles. The van der Waals surface area contributed by atoms with Crippen LogP contribution < -0.4 is 10.1 Å². The van der Waals surface area contributed by atoms with Crippen LogP contribution in [-0.4, -0.2) is 0 Å². The maximum atomic E-state index is 6.17. The van der Waals surface area contributed by atoms with Crippen molar-refractivity contribution in [2.45, 2.75) is 45.9 Å². The fourth-order valence-electron chi connectivity index (χ4n) is 3.38. The summed E-state index contributed by atoms with van der Waals surface area (Å²) < 4.78 is 7.24. The van der Waals surface area contributed by atoms with Gasteiger partial charge < -0.3 is 10.1 Å². The van der Waals surface area contributed by atoms with Gasteiger partial charge in [0.1, 0.15) is 12.4 Å². The first-order chi connectivity index (χ1) is 13.7. The molecule has 3 heteroatoms. The van der Waals surface area contributed by atoms with Crippen molar-refractivity contribution in [3.63, 3.8) is 0 Å². The summed E-state index contributed by atoms with van der Waals surface area (Å²) in [5.41, 5.74) is 4.94. The molecule has 0 aliphatic carbocycles. The fraction of sp³-hybridized carbons (Fsp3) is 0.280. The summed E-state index contributed by atoms with van der Waals surface area (Å²) in [5, 5.41) is 3.73. The Morgan fingerprint density at radius 1 is 0.964 bits per heavy atom. The second kappa shape index (κ2) is 10.4. The van der Waals surface area contributed by atoms with E-state index in [1.165, 1.54) is 22.3 Å². The second-order valence-corrected chi connectivity index (χ2v) is 8.08. The van der Waals surface area contributed by atoms with E-state index in [0.29, 0.717) is 12.6 Å². The maximum absolute atomic E-state index is 6.17. The molecule has 0 aromatic heterocycles. The van der Waals surface area contributed by atoms with E-state index in [1.807, 2.05) is 12.1 Å². The van der Waals surface area contributed by atoms with Gasteiger partial charge in [0, 0.05) is 22.6 Å². The van der Waals surface area contributed by atoms with Crippen LogP contribution in [0.2, 0.25) is 0 Å². The molecule has 1 unspecified atom stereocenters. The van der Waals surface area contributed by atoms with E-state index in [2.05, 4.69) is 95.8 Å². The van der Waals surface area contributed by atoms with Crippen molar-refractivity contribution < 1.29 is 4.74 Å². The van der Waals surface area contributed by atoms with Gasteiger partial charge in [0.2, 0.25) is 0 Å². The third-order valence-electron chi connectivity index (χ3n) is 4.82. The molecule has 2 nitrogen and oxygen atoms in total. The standard InChI is InChI=1S/C25H28BrNO/c1-3-8-24(21-11-5-4-6-12-21)27-17-22-16-23(26)13-14-25(22)28-18-20-10-7-9-19(2)15-20/h4-7,9-16,24,27H,3,8,17-18H2,1-2H3. The molecule has 0 amide bonds. The maximum Gasteiger partial charge on any atom is 0.124 e. The zero-order valence-electron chi connectivity index (χ0n) is 16.6. The van der Waals surface area contributed by atoms with E-state index in [9.17, 15) is 0 Å².